The number of hydrogen-bond donors (Lipinski definition) is 1. The zero-order valence-corrected chi connectivity index (χ0v) is 11.0. The Bertz CT molecular complexity index is 324. The van der Waals surface area contributed by atoms with Crippen LogP contribution in [0.3, 0.4) is 0 Å². The van der Waals surface area contributed by atoms with Crippen molar-refractivity contribution in [2.24, 2.45) is 0 Å². The molecule has 0 aromatic rings. The van der Waals surface area contributed by atoms with Crippen LogP contribution in [0, 0.1) is 0 Å². The molecular weight excluding hydrogens is 242 g/mol. The summed E-state index contributed by atoms with van der Waals surface area (Å²) < 4.78 is 14.7. The molecule has 104 valence electrons. The predicted molar refractivity (Wildman–Crippen MR) is 60.7 cm³/mol. The van der Waals surface area contributed by atoms with Crippen LogP contribution in [0.25, 0.3) is 0 Å². The molecule has 1 unspecified atom stereocenters. The molecule has 0 radical (unpaired) electrons. The molecule has 0 saturated carbocycles. The molecule has 0 aliphatic carbocycles. The maximum Gasteiger partial charge on any atom is 0.413 e. The van der Waals surface area contributed by atoms with Crippen LogP contribution in [-0.2, 0) is 19.0 Å². The number of rotatable bonds is 1. The van der Waals surface area contributed by atoms with Crippen molar-refractivity contribution in [1.82, 2.24) is 4.90 Å². The van der Waals surface area contributed by atoms with Gasteiger partial charge in [0.2, 0.25) is 0 Å². The second-order valence-electron chi connectivity index (χ2n) is 4.94. The van der Waals surface area contributed by atoms with Crippen molar-refractivity contribution >= 4 is 12.1 Å². The summed E-state index contributed by atoms with van der Waals surface area (Å²) in [6.45, 7) is 5.01. The van der Waals surface area contributed by atoms with E-state index in [1.807, 2.05) is 0 Å². The third-order valence-corrected chi connectivity index (χ3v) is 2.28. The van der Waals surface area contributed by atoms with E-state index in [1.54, 1.807) is 20.8 Å². The van der Waals surface area contributed by atoms with Gasteiger partial charge < -0.3 is 19.3 Å². The number of morpholine rings is 1. The Labute approximate surface area is 106 Å². The van der Waals surface area contributed by atoms with Gasteiger partial charge in [-0.2, -0.15) is 0 Å². The van der Waals surface area contributed by atoms with Crippen LogP contribution < -0.4 is 0 Å². The molecule has 0 aromatic heterocycles. The lowest BCUT2D eigenvalue weighted by Crippen LogP contribution is -2.59. The first kappa shape index (κ1) is 14.7. The number of esters is 1. The van der Waals surface area contributed by atoms with Gasteiger partial charge in [0.1, 0.15) is 5.60 Å². The highest BCUT2D eigenvalue weighted by atomic mass is 16.6. The number of ether oxygens (including phenoxy) is 3. The van der Waals surface area contributed by atoms with Crippen molar-refractivity contribution in [2.45, 2.75) is 38.6 Å². The van der Waals surface area contributed by atoms with E-state index in [9.17, 15) is 14.7 Å². The minimum absolute atomic E-state index is 0.0248. The first-order valence-corrected chi connectivity index (χ1v) is 5.61. The second-order valence-corrected chi connectivity index (χ2v) is 4.94. The minimum Gasteiger partial charge on any atom is -0.467 e. The molecule has 7 heteroatoms. The third kappa shape index (κ3) is 3.58. The average Bonchev–Trinajstić information content (AvgIpc) is 2.25. The summed E-state index contributed by atoms with van der Waals surface area (Å²) in [7, 11) is 1.20. The lowest BCUT2D eigenvalue weighted by molar-refractivity contribution is -0.170. The summed E-state index contributed by atoms with van der Waals surface area (Å²) in [5.41, 5.74) is -0.713. The van der Waals surface area contributed by atoms with Crippen LogP contribution in [0.5, 0.6) is 0 Å². The smallest absolute Gasteiger partial charge is 0.413 e. The number of aliphatic hydroxyl groups is 1. The first-order valence-electron chi connectivity index (χ1n) is 5.61. The highest BCUT2D eigenvalue weighted by molar-refractivity contribution is 5.82. The quantitative estimate of drug-likeness (QED) is 0.674. The Morgan fingerprint density at radius 3 is 2.44 bits per heavy atom. The average molecular weight is 261 g/mol. The molecule has 1 heterocycles. The van der Waals surface area contributed by atoms with Crippen molar-refractivity contribution in [1.29, 1.82) is 0 Å². The minimum atomic E-state index is -1.22. The van der Waals surface area contributed by atoms with Crippen LogP contribution in [0.4, 0.5) is 4.79 Å². The van der Waals surface area contributed by atoms with E-state index in [4.69, 9.17) is 9.47 Å². The lowest BCUT2D eigenvalue weighted by atomic mass is 10.2. The van der Waals surface area contributed by atoms with Gasteiger partial charge in [0.05, 0.1) is 20.3 Å². The number of carbonyl (C=O) groups excluding carboxylic acids is 2. The van der Waals surface area contributed by atoms with Gasteiger partial charge in [-0.25, -0.2) is 9.59 Å². The fraction of sp³-hybridized carbons (Fsp3) is 0.818. The van der Waals surface area contributed by atoms with E-state index in [0.29, 0.717) is 0 Å². The monoisotopic (exact) mass is 261 g/mol. The molecule has 1 aliphatic rings. The SMILES string of the molecule is COC(=O)[C@@H]1COCC(O)N1C(=O)OC(C)(C)C. The number of carbonyl (C=O) groups is 2. The van der Waals surface area contributed by atoms with Crippen molar-refractivity contribution in [2.75, 3.05) is 20.3 Å². The Balaban J connectivity index is 2.84. The Morgan fingerprint density at radius 2 is 1.94 bits per heavy atom. The highest BCUT2D eigenvalue weighted by Gasteiger charge is 2.41. The van der Waals surface area contributed by atoms with Crippen LogP contribution in [0.2, 0.25) is 0 Å². The second kappa shape index (κ2) is 5.53. The van der Waals surface area contributed by atoms with Crippen LogP contribution in [-0.4, -0.2) is 60.3 Å². The van der Waals surface area contributed by atoms with E-state index in [0.717, 1.165) is 4.90 Å². The van der Waals surface area contributed by atoms with Crippen LogP contribution in [0.15, 0.2) is 0 Å². The summed E-state index contributed by atoms with van der Waals surface area (Å²) >= 11 is 0. The summed E-state index contributed by atoms with van der Waals surface area (Å²) in [5.74, 6) is -0.653. The van der Waals surface area contributed by atoms with Gasteiger partial charge >= 0.3 is 12.1 Å². The van der Waals surface area contributed by atoms with E-state index in [-0.39, 0.29) is 13.2 Å². The molecule has 2 atom stereocenters. The molecule has 18 heavy (non-hydrogen) atoms. The molecule has 1 fully saturated rings. The fourth-order valence-electron chi connectivity index (χ4n) is 1.53. The molecular formula is C11H19NO6. The van der Waals surface area contributed by atoms with E-state index in [2.05, 4.69) is 4.74 Å². The molecule has 1 N–H and O–H groups in total. The first-order chi connectivity index (χ1) is 8.26. The molecule has 1 aliphatic heterocycles. The summed E-state index contributed by atoms with van der Waals surface area (Å²) in [6, 6.07) is -0.992. The number of hydrogen-bond acceptors (Lipinski definition) is 6. The highest BCUT2D eigenvalue weighted by Crippen LogP contribution is 2.18. The van der Waals surface area contributed by atoms with Crippen molar-refractivity contribution in [3.05, 3.63) is 0 Å². The maximum atomic E-state index is 11.9. The van der Waals surface area contributed by atoms with E-state index < -0.39 is 29.9 Å². The summed E-state index contributed by atoms with van der Waals surface area (Å²) in [6.07, 6.45) is -1.99. The molecule has 0 spiro atoms. The van der Waals surface area contributed by atoms with E-state index in [1.165, 1.54) is 7.11 Å². The van der Waals surface area contributed by atoms with Gasteiger partial charge in [0, 0.05) is 0 Å². The van der Waals surface area contributed by atoms with Crippen molar-refractivity contribution < 1.29 is 28.9 Å². The third-order valence-electron chi connectivity index (χ3n) is 2.28. The molecule has 0 aromatic carbocycles. The van der Waals surface area contributed by atoms with Gasteiger partial charge in [0.25, 0.3) is 0 Å². The topological polar surface area (TPSA) is 85.3 Å². The standard InChI is InChI=1S/C11H19NO6/c1-11(2,3)18-10(15)12-7(9(14)16-4)5-17-6-8(12)13/h7-8,13H,5-6H2,1-4H3/t7-,8?/m0/s1. The van der Waals surface area contributed by atoms with Crippen molar-refractivity contribution in [3.63, 3.8) is 0 Å². The van der Waals surface area contributed by atoms with Crippen LogP contribution >= 0.6 is 0 Å². The maximum absolute atomic E-state index is 11.9. The number of aliphatic hydroxyl groups excluding tert-OH is 1. The van der Waals surface area contributed by atoms with E-state index >= 15 is 0 Å². The van der Waals surface area contributed by atoms with Crippen LogP contribution in [0.1, 0.15) is 20.8 Å². The molecule has 1 amide bonds. The Hall–Kier alpha value is -1.34. The van der Waals surface area contributed by atoms with Gasteiger partial charge in [-0.1, -0.05) is 0 Å². The molecule has 7 nitrogen and oxygen atoms in total. The van der Waals surface area contributed by atoms with Gasteiger partial charge in [-0.3, -0.25) is 4.90 Å². The normalized spacial score (nSPS) is 24.6. The van der Waals surface area contributed by atoms with Gasteiger partial charge in [-0.15, -0.1) is 0 Å². The Morgan fingerprint density at radius 1 is 1.33 bits per heavy atom. The Kier molecular flexibility index (Phi) is 4.53. The van der Waals surface area contributed by atoms with Gasteiger partial charge in [0.15, 0.2) is 12.3 Å². The summed E-state index contributed by atoms with van der Waals surface area (Å²) in [4.78, 5) is 24.4. The molecule has 1 saturated heterocycles. The fourth-order valence-corrected chi connectivity index (χ4v) is 1.53. The lowest BCUT2D eigenvalue weighted by Gasteiger charge is -2.38. The number of amides is 1. The zero-order chi connectivity index (χ0) is 13.9. The number of methoxy groups -OCH3 is 1. The number of nitrogens with zero attached hydrogens (tertiary/aromatic N) is 1. The largest absolute Gasteiger partial charge is 0.467 e. The molecule has 0 bridgehead atoms. The predicted octanol–water partition coefficient (Wildman–Crippen LogP) is 0.114. The zero-order valence-electron chi connectivity index (χ0n) is 11.0. The van der Waals surface area contributed by atoms with Crippen molar-refractivity contribution in [3.8, 4) is 0 Å². The summed E-state index contributed by atoms with van der Waals surface area (Å²) in [5, 5.41) is 9.74. The molecule has 1 rings (SSSR count). The van der Waals surface area contributed by atoms with Gasteiger partial charge in [-0.05, 0) is 20.8 Å².